The Balaban J connectivity index is 1.36. The van der Waals surface area contributed by atoms with Crippen LogP contribution < -0.4 is 10.2 Å². The number of anilines is 3. The number of piperidine rings is 2. The number of hydrogen-bond acceptors (Lipinski definition) is 8. The molecule has 3 heterocycles. The van der Waals surface area contributed by atoms with Gasteiger partial charge in [-0.05, 0) is 94.8 Å². The summed E-state index contributed by atoms with van der Waals surface area (Å²) in [6.45, 7) is 2.23. The van der Waals surface area contributed by atoms with Gasteiger partial charge < -0.3 is 20.2 Å². The number of alkyl halides is 6. The van der Waals surface area contributed by atoms with E-state index in [-0.39, 0.29) is 29.2 Å². The van der Waals surface area contributed by atoms with Crippen molar-refractivity contribution in [2.24, 2.45) is 5.41 Å². The summed E-state index contributed by atoms with van der Waals surface area (Å²) in [6.07, 6.45) is -7.18. The molecule has 232 valence electrons. The molecule has 3 aliphatic rings. The lowest BCUT2D eigenvalue weighted by Gasteiger charge is -2.51. The molecule has 2 N–H and O–H groups in total. The van der Waals surface area contributed by atoms with E-state index in [2.05, 4.69) is 27.2 Å². The molecule has 3 fully saturated rings. The molecule has 1 aromatic carbocycles. The molecule has 5 rings (SSSR count). The highest BCUT2D eigenvalue weighted by Crippen LogP contribution is 2.52. The Bertz CT molecular complexity index is 1430. The van der Waals surface area contributed by atoms with Crippen molar-refractivity contribution in [1.29, 1.82) is 0 Å². The second kappa shape index (κ2) is 10.5. The Hall–Kier alpha value is -2.65. The minimum absolute atomic E-state index is 0.0720. The van der Waals surface area contributed by atoms with Crippen molar-refractivity contribution in [3.63, 3.8) is 0 Å². The van der Waals surface area contributed by atoms with Crippen molar-refractivity contribution in [2.45, 2.75) is 73.5 Å². The summed E-state index contributed by atoms with van der Waals surface area (Å²) < 4.78 is 108. The molecule has 1 spiro atoms. The lowest BCUT2D eigenvalue weighted by atomic mass is 9.63. The molecule has 0 amide bonds. The molecule has 15 heteroatoms. The molecule has 1 aliphatic carbocycles. The fourth-order valence-corrected chi connectivity index (χ4v) is 8.35. The number of sulfone groups is 1. The van der Waals surface area contributed by atoms with Gasteiger partial charge in [0.1, 0.15) is 11.4 Å². The molecule has 0 radical (unpaired) electrons. The largest absolute Gasteiger partial charge is 0.421 e. The lowest BCUT2D eigenvalue weighted by molar-refractivity contribution is -0.261. The Labute approximate surface area is 240 Å². The molecule has 2 aromatic rings. The van der Waals surface area contributed by atoms with Crippen LogP contribution in [0, 0.1) is 12.3 Å². The quantitative estimate of drug-likeness (QED) is 0.446. The number of aryl methyl sites for hydroxylation is 1. The van der Waals surface area contributed by atoms with Gasteiger partial charge in [0.05, 0.1) is 16.7 Å². The fourth-order valence-electron chi connectivity index (χ4n) is 6.22. The van der Waals surface area contributed by atoms with Gasteiger partial charge in [-0.1, -0.05) is 0 Å². The molecule has 42 heavy (non-hydrogen) atoms. The molecule has 8 nitrogen and oxygen atoms in total. The van der Waals surface area contributed by atoms with Gasteiger partial charge in [0.2, 0.25) is 5.95 Å². The first kappa shape index (κ1) is 30.8. The zero-order valence-electron chi connectivity index (χ0n) is 23.2. The van der Waals surface area contributed by atoms with Crippen LogP contribution in [0.4, 0.5) is 43.8 Å². The first-order valence-corrected chi connectivity index (χ1v) is 15.3. The van der Waals surface area contributed by atoms with Crippen LogP contribution in [-0.4, -0.2) is 78.6 Å². The van der Waals surface area contributed by atoms with Crippen molar-refractivity contribution in [2.75, 3.05) is 43.4 Å². The van der Waals surface area contributed by atoms with Crippen molar-refractivity contribution in [3.05, 3.63) is 35.5 Å². The van der Waals surface area contributed by atoms with Crippen LogP contribution in [-0.2, 0) is 16.0 Å². The first-order chi connectivity index (χ1) is 19.4. The summed E-state index contributed by atoms with van der Waals surface area (Å²) >= 11 is 0. The monoisotopic (exact) mass is 621 g/mol. The maximum absolute atomic E-state index is 13.8. The number of hydrogen-bond donors (Lipinski definition) is 2. The van der Waals surface area contributed by atoms with Gasteiger partial charge in [-0.25, -0.2) is 13.4 Å². The number of rotatable bonds is 5. The third kappa shape index (κ3) is 5.79. The highest BCUT2D eigenvalue weighted by atomic mass is 32.2. The Kier molecular flexibility index (Phi) is 7.71. The van der Waals surface area contributed by atoms with Crippen LogP contribution >= 0.6 is 0 Å². The van der Waals surface area contributed by atoms with E-state index in [1.807, 2.05) is 0 Å². The Morgan fingerprint density at radius 1 is 1.05 bits per heavy atom. The molecule has 1 saturated carbocycles. The SMILES string of the molecule is Cc1cc(S(=O)(=O)C2CC3(CCN(C)CC3)C2)ccc1Nc1ncc(C(F)(F)F)c(N2CCCC(O)(C(F)(F)F)C2)n1. The van der Waals surface area contributed by atoms with Crippen molar-refractivity contribution in [3.8, 4) is 0 Å². The van der Waals surface area contributed by atoms with Gasteiger partial charge in [0.25, 0.3) is 0 Å². The molecule has 1 unspecified atom stereocenters. The molecule has 2 aliphatic heterocycles. The zero-order chi connectivity index (χ0) is 30.7. The molecular formula is C27H33F6N5O3S. The van der Waals surface area contributed by atoms with E-state index in [1.165, 1.54) is 18.2 Å². The summed E-state index contributed by atoms with van der Waals surface area (Å²) in [7, 11) is -1.54. The maximum Gasteiger partial charge on any atom is 0.421 e. The highest BCUT2D eigenvalue weighted by Gasteiger charge is 2.56. The topological polar surface area (TPSA) is 98.7 Å². The molecule has 2 saturated heterocycles. The van der Waals surface area contributed by atoms with E-state index in [4.69, 9.17) is 0 Å². The fraction of sp³-hybridized carbons (Fsp3) is 0.630. The number of halogens is 6. The predicted octanol–water partition coefficient (Wildman–Crippen LogP) is 5.09. The molecule has 0 bridgehead atoms. The second-order valence-corrected chi connectivity index (χ2v) is 14.2. The maximum atomic E-state index is 13.8. The lowest BCUT2D eigenvalue weighted by Crippen LogP contribution is -2.57. The van der Waals surface area contributed by atoms with E-state index in [1.54, 1.807) is 6.92 Å². The van der Waals surface area contributed by atoms with E-state index < -0.39 is 57.4 Å². The third-order valence-electron chi connectivity index (χ3n) is 8.95. The zero-order valence-corrected chi connectivity index (χ0v) is 24.0. The van der Waals surface area contributed by atoms with Gasteiger partial charge in [0, 0.05) is 18.4 Å². The van der Waals surface area contributed by atoms with Gasteiger partial charge in [-0.15, -0.1) is 0 Å². The summed E-state index contributed by atoms with van der Waals surface area (Å²) in [4.78, 5) is 10.8. The highest BCUT2D eigenvalue weighted by molar-refractivity contribution is 7.92. The van der Waals surface area contributed by atoms with Gasteiger partial charge in [-0.2, -0.15) is 31.3 Å². The van der Waals surface area contributed by atoms with Gasteiger partial charge >= 0.3 is 12.4 Å². The van der Waals surface area contributed by atoms with Crippen molar-refractivity contribution >= 4 is 27.3 Å². The summed E-state index contributed by atoms with van der Waals surface area (Å²) in [5, 5.41) is 12.4. The average molecular weight is 622 g/mol. The summed E-state index contributed by atoms with van der Waals surface area (Å²) in [5.41, 5.74) is -3.65. The Morgan fingerprint density at radius 2 is 1.71 bits per heavy atom. The molecule has 1 atom stereocenters. The van der Waals surface area contributed by atoms with Gasteiger partial charge in [-0.3, -0.25) is 0 Å². The van der Waals surface area contributed by atoms with Crippen LogP contribution in [0.25, 0.3) is 0 Å². The van der Waals surface area contributed by atoms with Crippen LogP contribution in [0.15, 0.2) is 29.3 Å². The minimum atomic E-state index is -5.04. The van der Waals surface area contributed by atoms with Crippen molar-refractivity contribution < 1.29 is 39.9 Å². The van der Waals surface area contributed by atoms with Crippen LogP contribution in [0.5, 0.6) is 0 Å². The number of nitrogens with zero attached hydrogens (tertiary/aromatic N) is 4. The van der Waals surface area contributed by atoms with Crippen LogP contribution in [0.3, 0.4) is 0 Å². The number of β-amino-alcohol motifs (C(OH)–C–C–N with tert-alkyl or cyclic N) is 1. The first-order valence-electron chi connectivity index (χ1n) is 13.7. The standard InChI is InChI=1S/C27H33F6N5O3S/c1-17-12-18(42(40,41)19-13-24(14-19)7-10-37(2)11-8-24)4-5-21(17)35-23-34-15-20(26(28,29)30)22(36-23)38-9-3-6-25(39,16-38)27(31,32)33/h4-5,12,15,19,39H,3,6-11,13-14,16H2,1-2H3,(H,34,35,36). The summed E-state index contributed by atoms with van der Waals surface area (Å²) in [6, 6.07) is 4.37. The average Bonchev–Trinajstić information content (AvgIpc) is 2.88. The van der Waals surface area contributed by atoms with E-state index in [0.717, 1.165) is 30.8 Å². The van der Waals surface area contributed by atoms with E-state index >= 15 is 0 Å². The van der Waals surface area contributed by atoms with Crippen LogP contribution in [0.1, 0.15) is 49.7 Å². The number of likely N-dealkylation sites (tertiary alicyclic amines) is 1. The molecule has 1 aromatic heterocycles. The van der Waals surface area contributed by atoms with E-state index in [9.17, 15) is 39.9 Å². The molecular weight excluding hydrogens is 588 g/mol. The predicted molar refractivity (Wildman–Crippen MR) is 143 cm³/mol. The number of aliphatic hydroxyl groups is 1. The van der Waals surface area contributed by atoms with Gasteiger partial charge in [0.15, 0.2) is 15.4 Å². The Morgan fingerprint density at radius 3 is 2.31 bits per heavy atom. The summed E-state index contributed by atoms with van der Waals surface area (Å²) in [5.74, 6) is -1.10. The number of aromatic nitrogens is 2. The van der Waals surface area contributed by atoms with Crippen molar-refractivity contribution in [1.82, 2.24) is 14.9 Å². The normalized spacial score (nSPS) is 24.1. The van der Waals surface area contributed by atoms with E-state index in [0.29, 0.717) is 30.3 Å². The second-order valence-electron chi connectivity index (χ2n) is 12.0. The third-order valence-corrected chi connectivity index (χ3v) is 11.1. The minimum Gasteiger partial charge on any atom is -0.379 e. The van der Waals surface area contributed by atoms with Crippen LogP contribution in [0.2, 0.25) is 0 Å². The number of nitrogens with one attached hydrogen (secondary N) is 1. The smallest absolute Gasteiger partial charge is 0.379 e. The number of benzene rings is 1.